The monoisotopic (exact) mass is 405 g/mol. The molecule has 3 rings (SSSR count). The van der Waals surface area contributed by atoms with E-state index in [0.717, 1.165) is 43.4 Å². The van der Waals surface area contributed by atoms with Crippen molar-refractivity contribution in [3.63, 3.8) is 0 Å². The molecule has 1 saturated heterocycles. The molecule has 0 atom stereocenters. The third kappa shape index (κ3) is 7.25. The first-order valence-corrected chi connectivity index (χ1v) is 10.9. The Labute approximate surface area is 177 Å². The number of quaternary nitrogens is 1. The second-order valence-electron chi connectivity index (χ2n) is 8.65. The van der Waals surface area contributed by atoms with Crippen molar-refractivity contribution < 1.29 is 26.4 Å². The maximum Gasteiger partial charge on any atom is 0.362 e. The fraction of sp³-hybridized carbons (Fsp3) is 0.625. The van der Waals surface area contributed by atoms with E-state index in [0.29, 0.717) is 6.54 Å². The molecular weight excluding hydrogens is 370 g/mol. The highest BCUT2D eigenvalue weighted by Gasteiger charge is 2.33. The van der Waals surface area contributed by atoms with Gasteiger partial charge in [0, 0.05) is 0 Å². The zero-order valence-corrected chi connectivity index (χ0v) is 18.1. The summed E-state index contributed by atoms with van der Waals surface area (Å²) in [5.41, 5.74) is 2.75. The van der Waals surface area contributed by atoms with Crippen LogP contribution in [-0.2, 0) is 16.0 Å². The zero-order valence-electron chi connectivity index (χ0n) is 17.4. The van der Waals surface area contributed by atoms with Crippen LogP contribution in [0.2, 0.25) is 0 Å². The third-order valence-corrected chi connectivity index (χ3v) is 6.23. The van der Waals surface area contributed by atoms with Crippen molar-refractivity contribution >= 4 is 5.97 Å². The van der Waals surface area contributed by atoms with Crippen LogP contribution in [0.4, 0.5) is 0 Å². The minimum Gasteiger partial charge on any atom is -1.00 e. The zero-order chi connectivity index (χ0) is 19.0. The summed E-state index contributed by atoms with van der Waals surface area (Å²) >= 11 is 0. The van der Waals surface area contributed by atoms with Gasteiger partial charge in [-0.25, -0.2) is 4.79 Å². The first-order valence-electron chi connectivity index (χ1n) is 10.9. The highest BCUT2D eigenvalue weighted by Crippen LogP contribution is 2.23. The van der Waals surface area contributed by atoms with Gasteiger partial charge in [0.15, 0.2) is 6.54 Å². The molecular formula is C24H36ClNO2. The molecule has 1 aromatic carbocycles. The number of likely N-dealkylation sites (tertiary alicyclic amines) is 1. The Morgan fingerprint density at radius 1 is 1.04 bits per heavy atom. The molecule has 3 nitrogen and oxygen atoms in total. The Morgan fingerprint density at radius 3 is 2.36 bits per heavy atom. The number of esters is 1. The Bertz CT molecular complexity index is 617. The Hall–Kier alpha value is -1.32. The Balaban J connectivity index is 0.00000280. The molecule has 1 aromatic rings. The Morgan fingerprint density at radius 2 is 1.68 bits per heavy atom. The molecule has 0 bridgehead atoms. The van der Waals surface area contributed by atoms with Crippen LogP contribution in [0.15, 0.2) is 42.0 Å². The van der Waals surface area contributed by atoms with Crippen LogP contribution in [0.1, 0.15) is 63.9 Å². The number of piperidine rings is 1. The fourth-order valence-corrected chi connectivity index (χ4v) is 4.61. The van der Waals surface area contributed by atoms with E-state index in [2.05, 4.69) is 43.3 Å². The molecule has 4 heteroatoms. The largest absolute Gasteiger partial charge is 1.00 e. The van der Waals surface area contributed by atoms with E-state index in [1.807, 2.05) is 0 Å². The van der Waals surface area contributed by atoms with Gasteiger partial charge in [0.1, 0.15) is 6.10 Å². The number of carbonyl (C=O) groups excluding carboxylic acids is 1. The summed E-state index contributed by atoms with van der Waals surface area (Å²) in [6.07, 6.45) is 13.1. The molecule has 1 aliphatic heterocycles. The molecule has 0 N–H and O–H groups in total. The molecule has 0 amide bonds. The number of hydrogen-bond donors (Lipinski definition) is 0. The first kappa shape index (κ1) is 23.0. The van der Waals surface area contributed by atoms with Gasteiger partial charge in [0.25, 0.3) is 0 Å². The Kier molecular flexibility index (Phi) is 9.53. The van der Waals surface area contributed by atoms with E-state index in [9.17, 15) is 4.79 Å². The van der Waals surface area contributed by atoms with Gasteiger partial charge in [-0.3, -0.25) is 0 Å². The highest BCUT2D eigenvalue weighted by molar-refractivity contribution is 5.70. The van der Waals surface area contributed by atoms with Crippen molar-refractivity contribution in [2.24, 2.45) is 0 Å². The molecule has 0 unspecified atom stereocenters. The summed E-state index contributed by atoms with van der Waals surface area (Å²) < 4.78 is 6.73. The highest BCUT2D eigenvalue weighted by atomic mass is 35.5. The molecule has 0 radical (unpaired) electrons. The lowest BCUT2D eigenvalue weighted by molar-refractivity contribution is -0.920. The van der Waals surface area contributed by atoms with Gasteiger partial charge < -0.3 is 21.6 Å². The number of allylic oxidation sites excluding steroid dienone is 1. The summed E-state index contributed by atoms with van der Waals surface area (Å²) in [6, 6.07) is 10.6. The SMILES string of the molecule is C/C(=C/C[N+]1(CC(=O)OC2CCCCC2)CCCCC1)Cc1ccccc1.[Cl-]. The average Bonchev–Trinajstić information content (AvgIpc) is 2.69. The summed E-state index contributed by atoms with van der Waals surface area (Å²) in [4.78, 5) is 12.7. The molecule has 0 spiro atoms. The molecule has 0 aromatic heterocycles. The van der Waals surface area contributed by atoms with Crippen LogP contribution >= 0.6 is 0 Å². The molecule has 1 heterocycles. The second kappa shape index (κ2) is 11.6. The van der Waals surface area contributed by atoms with E-state index >= 15 is 0 Å². The summed E-state index contributed by atoms with van der Waals surface area (Å²) in [7, 11) is 0. The third-order valence-electron chi connectivity index (χ3n) is 6.23. The summed E-state index contributed by atoms with van der Waals surface area (Å²) in [5, 5.41) is 0. The lowest BCUT2D eigenvalue weighted by Gasteiger charge is -2.40. The lowest BCUT2D eigenvalue weighted by Crippen LogP contribution is -3.00. The van der Waals surface area contributed by atoms with Gasteiger partial charge in [-0.15, -0.1) is 0 Å². The van der Waals surface area contributed by atoms with Crippen LogP contribution in [0.3, 0.4) is 0 Å². The van der Waals surface area contributed by atoms with Gasteiger partial charge in [0.05, 0.1) is 19.6 Å². The minimum atomic E-state index is 0. The number of hydrogen-bond acceptors (Lipinski definition) is 2. The van der Waals surface area contributed by atoms with Crippen LogP contribution in [-0.4, -0.2) is 42.7 Å². The fourth-order valence-electron chi connectivity index (χ4n) is 4.61. The summed E-state index contributed by atoms with van der Waals surface area (Å²) in [6.45, 7) is 5.93. The van der Waals surface area contributed by atoms with E-state index in [1.54, 1.807) is 0 Å². The molecule has 2 fully saturated rings. The van der Waals surface area contributed by atoms with Gasteiger partial charge in [-0.05, 0) is 69.9 Å². The number of rotatable bonds is 7. The van der Waals surface area contributed by atoms with E-state index in [1.165, 1.54) is 49.7 Å². The van der Waals surface area contributed by atoms with Crippen molar-refractivity contribution in [2.75, 3.05) is 26.2 Å². The summed E-state index contributed by atoms with van der Waals surface area (Å²) in [5.74, 6) is 0.0258. The van der Waals surface area contributed by atoms with Gasteiger partial charge in [-0.1, -0.05) is 42.3 Å². The van der Waals surface area contributed by atoms with Crippen LogP contribution < -0.4 is 12.4 Å². The van der Waals surface area contributed by atoms with Crippen molar-refractivity contribution in [1.82, 2.24) is 0 Å². The van der Waals surface area contributed by atoms with E-state index < -0.39 is 0 Å². The number of halogens is 1. The molecule has 2 aliphatic rings. The minimum absolute atomic E-state index is 0. The maximum absolute atomic E-state index is 12.7. The van der Waals surface area contributed by atoms with Crippen LogP contribution in [0.5, 0.6) is 0 Å². The molecule has 1 aliphatic carbocycles. The van der Waals surface area contributed by atoms with E-state index in [4.69, 9.17) is 4.74 Å². The van der Waals surface area contributed by atoms with Crippen molar-refractivity contribution in [3.8, 4) is 0 Å². The smallest absolute Gasteiger partial charge is 0.362 e. The molecule has 156 valence electrons. The van der Waals surface area contributed by atoms with Gasteiger partial charge in [-0.2, -0.15) is 0 Å². The number of carbonyl (C=O) groups is 1. The first-order chi connectivity index (χ1) is 13.2. The number of benzene rings is 1. The predicted molar refractivity (Wildman–Crippen MR) is 110 cm³/mol. The normalized spacial score (nSPS) is 20.2. The molecule has 28 heavy (non-hydrogen) atoms. The number of nitrogens with zero attached hydrogens (tertiary/aromatic N) is 1. The topological polar surface area (TPSA) is 26.3 Å². The lowest BCUT2D eigenvalue weighted by atomic mass is 9.98. The van der Waals surface area contributed by atoms with Crippen molar-refractivity contribution in [3.05, 3.63) is 47.5 Å². The van der Waals surface area contributed by atoms with Gasteiger partial charge >= 0.3 is 5.97 Å². The number of ether oxygens (including phenoxy) is 1. The molecule has 1 saturated carbocycles. The van der Waals surface area contributed by atoms with Crippen molar-refractivity contribution in [2.45, 2.75) is 70.8 Å². The second-order valence-corrected chi connectivity index (χ2v) is 8.65. The van der Waals surface area contributed by atoms with E-state index in [-0.39, 0.29) is 24.5 Å². The standard InChI is InChI=1S/C24H36NO2.ClH/c1-21(19-22-11-5-2-6-12-22)15-18-25(16-9-4-10-17-25)20-24(26)27-23-13-7-3-8-14-23;/h2,5-6,11-12,15,23H,3-4,7-10,13-14,16-20H2,1H3;1H/q+1;/p-1/b21-15-;. The average molecular weight is 406 g/mol. The quantitative estimate of drug-likeness (QED) is 0.394. The maximum atomic E-state index is 12.7. The van der Waals surface area contributed by atoms with Crippen LogP contribution in [0, 0.1) is 0 Å². The predicted octanol–water partition coefficient (Wildman–Crippen LogP) is 2.06. The van der Waals surface area contributed by atoms with Gasteiger partial charge in [0.2, 0.25) is 0 Å². The van der Waals surface area contributed by atoms with Crippen LogP contribution in [0.25, 0.3) is 0 Å². The van der Waals surface area contributed by atoms with Crippen molar-refractivity contribution in [1.29, 1.82) is 0 Å².